The van der Waals surface area contributed by atoms with E-state index in [1.165, 1.54) is 0 Å². The van der Waals surface area contributed by atoms with E-state index in [0.29, 0.717) is 0 Å². The fraction of sp³-hybridized carbons (Fsp3) is 0.833. The summed E-state index contributed by atoms with van der Waals surface area (Å²) in [6.45, 7) is -1.61. The van der Waals surface area contributed by atoms with E-state index in [9.17, 15) is 4.79 Å². The fourth-order valence-electron chi connectivity index (χ4n) is 0.577. The van der Waals surface area contributed by atoms with E-state index in [-0.39, 0.29) is 0 Å². The quantitative estimate of drug-likeness (QED) is 0.301. The van der Waals surface area contributed by atoms with E-state index < -0.39 is 37.3 Å². The zero-order chi connectivity index (χ0) is 9.72. The number of aliphatic hydroxyl groups excluding tert-OH is 5. The first-order valence-electron chi connectivity index (χ1n) is 3.34. The molecule has 0 aliphatic carbocycles. The average Bonchev–Trinajstić information content (AvgIpc) is 2.12. The van der Waals surface area contributed by atoms with Crippen LogP contribution < -0.4 is 0 Å². The molecule has 0 aromatic carbocycles. The van der Waals surface area contributed by atoms with Crippen molar-refractivity contribution in [2.75, 3.05) is 13.2 Å². The zero-order valence-corrected chi connectivity index (χ0v) is 6.29. The molecule has 6 heteroatoms. The third-order valence-electron chi connectivity index (χ3n) is 1.34. The maximum absolute atomic E-state index is 10.7. The van der Waals surface area contributed by atoms with Crippen LogP contribution in [0.25, 0.3) is 0 Å². The Hall–Kier alpha value is -0.530. The number of hydrogen-bond donors (Lipinski definition) is 5. The summed E-state index contributed by atoms with van der Waals surface area (Å²) >= 11 is 0. The Morgan fingerprint density at radius 3 is 1.92 bits per heavy atom. The molecule has 0 fully saturated rings. The van der Waals surface area contributed by atoms with Gasteiger partial charge in [0.25, 0.3) is 0 Å². The SMILES string of the molecule is O=C(C(O)CO)C(O)C(O)CO. The van der Waals surface area contributed by atoms with E-state index in [0.717, 1.165) is 0 Å². The van der Waals surface area contributed by atoms with Gasteiger partial charge in [0, 0.05) is 0 Å². The summed E-state index contributed by atoms with van der Waals surface area (Å²) in [6.07, 6.45) is -5.21. The van der Waals surface area contributed by atoms with Gasteiger partial charge in [0.2, 0.25) is 0 Å². The van der Waals surface area contributed by atoms with Crippen LogP contribution in [0.4, 0.5) is 0 Å². The van der Waals surface area contributed by atoms with Crippen LogP contribution >= 0.6 is 0 Å². The van der Waals surface area contributed by atoms with E-state index in [2.05, 4.69) is 0 Å². The van der Waals surface area contributed by atoms with Gasteiger partial charge in [0.1, 0.15) is 18.3 Å². The van der Waals surface area contributed by atoms with Gasteiger partial charge in [-0.3, -0.25) is 4.79 Å². The van der Waals surface area contributed by atoms with Gasteiger partial charge in [-0.1, -0.05) is 0 Å². The molecule has 0 amide bonds. The van der Waals surface area contributed by atoms with Crippen molar-refractivity contribution in [2.24, 2.45) is 0 Å². The molecule has 5 N–H and O–H groups in total. The molecule has 0 aliphatic rings. The van der Waals surface area contributed by atoms with Crippen molar-refractivity contribution in [2.45, 2.75) is 18.3 Å². The molecule has 72 valence electrons. The zero-order valence-electron chi connectivity index (χ0n) is 6.29. The Morgan fingerprint density at radius 2 is 1.58 bits per heavy atom. The molecule has 0 aromatic rings. The molecule has 0 spiro atoms. The topological polar surface area (TPSA) is 118 Å². The van der Waals surface area contributed by atoms with E-state index >= 15 is 0 Å². The summed E-state index contributed by atoms with van der Waals surface area (Å²) in [4.78, 5) is 10.7. The van der Waals surface area contributed by atoms with E-state index in [1.54, 1.807) is 0 Å². The van der Waals surface area contributed by atoms with Gasteiger partial charge >= 0.3 is 0 Å². The lowest BCUT2D eigenvalue weighted by atomic mass is 10.1. The number of carbonyl (C=O) groups is 1. The Morgan fingerprint density at radius 1 is 1.08 bits per heavy atom. The highest BCUT2D eigenvalue weighted by Gasteiger charge is 2.28. The number of ketones is 1. The summed E-state index contributed by atoms with van der Waals surface area (Å²) in [5.74, 6) is -1.11. The molecule has 0 rings (SSSR count). The molecule has 0 heterocycles. The molecule has 0 aromatic heterocycles. The third-order valence-corrected chi connectivity index (χ3v) is 1.34. The van der Waals surface area contributed by atoms with E-state index in [4.69, 9.17) is 25.5 Å². The highest BCUT2D eigenvalue weighted by Crippen LogP contribution is 1.98. The second-order valence-electron chi connectivity index (χ2n) is 2.30. The largest absolute Gasteiger partial charge is 0.394 e. The molecular formula is C6H12O6. The Bertz CT molecular complexity index is 147. The molecule has 0 aliphatic heterocycles. The molecule has 3 atom stereocenters. The van der Waals surface area contributed by atoms with Crippen molar-refractivity contribution in [3.8, 4) is 0 Å². The first-order valence-corrected chi connectivity index (χ1v) is 3.34. The molecule has 6 nitrogen and oxygen atoms in total. The molecule has 0 saturated heterocycles. The number of rotatable bonds is 5. The Balaban J connectivity index is 4.09. The van der Waals surface area contributed by atoms with Crippen molar-refractivity contribution in [3.05, 3.63) is 0 Å². The van der Waals surface area contributed by atoms with Crippen molar-refractivity contribution in [1.29, 1.82) is 0 Å². The second-order valence-corrected chi connectivity index (χ2v) is 2.30. The van der Waals surface area contributed by atoms with Crippen molar-refractivity contribution >= 4 is 5.78 Å². The van der Waals surface area contributed by atoms with Gasteiger partial charge in [0.05, 0.1) is 13.2 Å². The normalized spacial score (nSPS) is 18.4. The number of Topliss-reactive ketones (excluding diaryl/α,β-unsaturated/α-hetero) is 1. The standard InChI is InChI=1S/C6H12O6/c7-1-3(9)5(11)6(12)4(10)2-8/h3-5,7-11H,1-2H2. The number of carbonyl (C=O) groups excluding carboxylic acids is 1. The average molecular weight is 180 g/mol. The lowest BCUT2D eigenvalue weighted by Crippen LogP contribution is -2.43. The van der Waals surface area contributed by atoms with Crippen molar-refractivity contribution < 1.29 is 30.3 Å². The molecule has 0 radical (unpaired) electrons. The summed E-state index contributed by atoms with van der Waals surface area (Å²) in [5, 5.41) is 42.9. The molecule has 0 saturated carbocycles. The minimum atomic E-state index is -1.86. The van der Waals surface area contributed by atoms with Crippen LogP contribution in [0.1, 0.15) is 0 Å². The second kappa shape index (κ2) is 5.18. The number of aliphatic hydroxyl groups is 5. The van der Waals surface area contributed by atoms with Gasteiger partial charge in [-0.2, -0.15) is 0 Å². The summed E-state index contributed by atoms with van der Waals surface area (Å²) in [6, 6.07) is 0. The Labute approximate surface area is 68.7 Å². The van der Waals surface area contributed by atoms with Gasteiger partial charge < -0.3 is 25.5 Å². The number of hydrogen-bond acceptors (Lipinski definition) is 6. The highest BCUT2D eigenvalue weighted by atomic mass is 16.4. The van der Waals surface area contributed by atoms with Crippen LogP contribution in [0.3, 0.4) is 0 Å². The summed E-state index contributed by atoms with van der Waals surface area (Å²) in [5.41, 5.74) is 0. The minimum Gasteiger partial charge on any atom is -0.394 e. The molecule has 0 bridgehead atoms. The summed E-state index contributed by atoms with van der Waals surface area (Å²) < 4.78 is 0. The summed E-state index contributed by atoms with van der Waals surface area (Å²) in [7, 11) is 0. The Kier molecular flexibility index (Phi) is 4.95. The smallest absolute Gasteiger partial charge is 0.194 e. The maximum atomic E-state index is 10.7. The lowest BCUT2D eigenvalue weighted by molar-refractivity contribution is -0.144. The predicted molar refractivity (Wildman–Crippen MR) is 37.2 cm³/mol. The first-order chi connectivity index (χ1) is 5.54. The van der Waals surface area contributed by atoms with Crippen LogP contribution in [-0.4, -0.2) is 62.8 Å². The van der Waals surface area contributed by atoms with Gasteiger partial charge in [-0.15, -0.1) is 0 Å². The highest BCUT2D eigenvalue weighted by molar-refractivity contribution is 5.87. The molecule has 3 unspecified atom stereocenters. The molecular weight excluding hydrogens is 168 g/mol. The van der Waals surface area contributed by atoms with Gasteiger partial charge in [-0.25, -0.2) is 0 Å². The fourth-order valence-corrected chi connectivity index (χ4v) is 0.577. The van der Waals surface area contributed by atoms with Crippen LogP contribution in [0.2, 0.25) is 0 Å². The monoisotopic (exact) mass is 180 g/mol. The lowest BCUT2D eigenvalue weighted by Gasteiger charge is -2.16. The van der Waals surface area contributed by atoms with Crippen LogP contribution in [0, 0.1) is 0 Å². The minimum absolute atomic E-state index is 0.787. The van der Waals surface area contributed by atoms with Crippen molar-refractivity contribution in [3.63, 3.8) is 0 Å². The van der Waals surface area contributed by atoms with Crippen LogP contribution in [-0.2, 0) is 4.79 Å². The molecule has 12 heavy (non-hydrogen) atoms. The third kappa shape index (κ3) is 2.84. The van der Waals surface area contributed by atoms with Gasteiger partial charge in [0.15, 0.2) is 5.78 Å². The van der Waals surface area contributed by atoms with E-state index in [1.807, 2.05) is 0 Å². The first kappa shape index (κ1) is 11.5. The van der Waals surface area contributed by atoms with Crippen LogP contribution in [0.15, 0.2) is 0 Å². The maximum Gasteiger partial charge on any atom is 0.194 e. The predicted octanol–water partition coefficient (Wildman–Crippen LogP) is -3.38. The van der Waals surface area contributed by atoms with Crippen LogP contribution in [0.5, 0.6) is 0 Å². The van der Waals surface area contributed by atoms with Crippen molar-refractivity contribution in [1.82, 2.24) is 0 Å². The van der Waals surface area contributed by atoms with Gasteiger partial charge in [-0.05, 0) is 0 Å².